The molecular formula is C17H26F6N6O3. The van der Waals surface area contributed by atoms with Crippen LogP contribution in [0.2, 0.25) is 0 Å². The summed E-state index contributed by atoms with van der Waals surface area (Å²) >= 11 is 0. The number of alkyl halides is 6. The molecule has 1 saturated heterocycles. The fourth-order valence-electron chi connectivity index (χ4n) is 3.00. The van der Waals surface area contributed by atoms with E-state index >= 15 is 0 Å². The maximum Gasteiger partial charge on any atom is 0.434 e. The lowest BCUT2D eigenvalue weighted by atomic mass is 10.1. The number of piperazine rings is 1. The number of aromatic nitrogens is 2. The molecule has 1 unspecified atom stereocenters. The topological polar surface area (TPSA) is 90.9 Å². The van der Waals surface area contributed by atoms with Crippen molar-refractivity contribution < 1.29 is 36.4 Å². The molecule has 2 rings (SSSR count). The molecule has 0 radical (unpaired) electrons. The lowest BCUT2D eigenvalue weighted by Gasteiger charge is -2.40. The van der Waals surface area contributed by atoms with E-state index in [4.69, 9.17) is 0 Å². The molecule has 1 atom stereocenters. The van der Waals surface area contributed by atoms with Crippen LogP contribution < -0.4 is 0 Å². The van der Waals surface area contributed by atoms with Crippen molar-refractivity contribution in [1.29, 1.82) is 0 Å². The van der Waals surface area contributed by atoms with Crippen molar-refractivity contribution in [3.05, 3.63) is 35.3 Å². The first-order valence-electron chi connectivity index (χ1n) is 9.39. The highest BCUT2D eigenvalue weighted by atomic mass is 19.4. The van der Waals surface area contributed by atoms with E-state index in [2.05, 4.69) is 11.6 Å². The Morgan fingerprint density at radius 2 is 1.69 bits per heavy atom. The van der Waals surface area contributed by atoms with Crippen molar-refractivity contribution >= 4 is 5.95 Å². The van der Waals surface area contributed by atoms with Gasteiger partial charge in [0.15, 0.2) is 0 Å². The van der Waals surface area contributed by atoms with Crippen LogP contribution in [0.5, 0.6) is 0 Å². The molecule has 1 N–H and O–H groups in total. The minimum absolute atomic E-state index is 0.0497. The average molecular weight is 476 g/mol. The molecule has 32 heavy (non-hydrogen) atoms. The van der Waals surface area contributed by atoms with Crippen molar-refractivity contribution in [2.75, 3.05) is 46.8 Å². The number of hydrogen-bond acceptors (Lipinski definition) is 7. The molecule has 9 nitrogen and oxygen atoms in total. The number of aliphatic hydroxyl groups is 1. The fourth-order valence-corrected chi connectivity index (χ4v) is 3.00. The summed E-state index contributed by atoms with van der Waals surface area (Å²) in [6.45, 7) is 2.11. The number of hydrogen-bond donors (Lipinski definition) is 1. The van der Waals surface area contributed by atoms with E-state index in [1.54, 1.807) is 6.20 Å². The maximum atomic E-state index is 12.7. The molecule has 1 fully saturated rings. The van der Waals surface area contributed by atoms with Crippen LogP contribution in [0.15, 0.2) is 25.2 Å². The van der Waals surface area contributed by atoms with Gasteiger partial charge in [-0.3, -0.25) is 9.80 Å². The Bertz CT molecular complexity index is 717. The Morgan fingerprint density at radius 1 is 1.19 bits per heavy atom. The number of halogens is 6. The van der Waals surface area contributed by atoms with Gasteiger partial charge >= 0.3 is 18.3 Å². The predicted molar refractivity (Wildman–Crippen MR) is 103 cm³/mol. The van der Waals surface area contributed by atoms with E-state index in [-0.39, 0.29) is 26.2 Å². The van der Waals surface area contributed by atoms with Crippen LogP contribution in [0.25, 0.3) is 0 Å². The van der Waals surface area contributed by atoms with Gasteiger partial charge in [0.2, 0.25) is 6.04 Å². The molecule has 0 aliphatic carbocycles. The smallest absolute Gasteiger partial charge is 0.390 e. The monoisotopic (exact) mass is 476 g/mol. The van der Waals surface area contributed by atoms with Gasteiger partial charge in [0, 0.05) is 46.8 Å². The molecule has 0 bridgehead atoms. The number of imidazole rings is 1. The lowest BCUT2D eigenvalue weighted by Crippen LogP contribution is -2.60. The molecule has 0 aromatic carbocycles. The second-order valence-corrected chi connectivity index (χ2v) is 7.26. The highest BCUT2D eigenvalue weighted by molar-refractivity contribution is 5.06. The lowest BCUT2D eigenvalue weighted by molar-refractivity contribution is -0.397. The fraction of sp³-hybridized carbons (Fsp3) is 0.706. The summed E-state index contributed by atoms with van der Waals surface area (Å²) < 4.78 is 77.6. The summed E-state index contributed by atoms with van der Waals surface area (Å²) in [5.74, 6) is -0.475. The second-order valence-electron chi connectivity index (χ2n) is 7.26. The molecule has 2 heterocycles. The molecule has 15 heteroatoms. The number of aliphatic hydroxyl groups excluding tert-OH is 1. The largest absolute Gasteiger partial charge is 0.434 e. The quantitative estimate of drug-likeness (QED) is 0.366. The van der Waals surface area contributed by atoms with Crippen molar-refractivity contribution in [3.63, 3.8) is 0 Å². The Balaban J connectivity index is 0.000000920. The summed E-state index contributed by atoms with van der Waals surface area (Å²) in [5, 5.41) is 20.8. The van der Waals surface area contributed by atoms with Crippen LogP contribution in [-0.4, -0.2) is 106 Å². The third kappa shape index (κ3) is 8.63. The summed E-state index contributed by atoms with van der Waals surface area (Å²) in [6, 6.07) is -3.52. The predicted octanol–water partition coefficient (Wildman–Crippen LogP) is 1.95. The molecular weight excluding hydrogens is 450 g/mol. The van der Waals surface area contributed by atoms with Gasteiger partial charge in [-0.15, -0.1) is 0 Å². The zero-order valence-electron chi connectivity index (χ0n) is 17.6. The number of nitrogens with zero attached hydrogens (tertiary/aromatic N) is 6. The standard InChI is InChI=1S/C13H17F6N5O3.C4H9N/c14-12(15,16)10(13(17,18)19)22-5-3-21(4-6-22)7-9(25)8-23-2-1-20-11(23)24(26)27;1-4-5(2)3/h1-2,9-10,25H,3-8H2;4H,1H2,2-3H3. The molecule has 184 valence electrons. The van der Waals surface area contributed by atoms with E-state index in [0.717, 1.165) is 4.57 Å². The third-order valence-corrected chi connectivity index (χ3v) is 4.49. The Labute approximate surface area is 180 Å². The van der Waals surface area contributed by atoms with E-state index in [9.17, 15) is 41.6 Å². The van der Waals surface area contributed by atoms with Crippen LogP contribution in [0.4, 0.5) is 32.3 Å². The highest BCUT2D eigenvalue weighted by Gasteiger charge is 2.59. The Kier molecular flexibility index (Phi) is 9.91. The van der Waals surface area contributed by atoms with Gasteiger partial charge in [0.1, 0.15) is 12.4 Å². The van der Waals surface area contributed by atoms with Crippen molar-refractivity contribution in [2.24, 2.45) is 0 Å². The molecule has 0 saturated carbocycles. The minimum atomic E-state index is -5.43. The first kappa shape index (κ1) is 27.6. The van der Waals surface area contributed by atoms with Crippen LogP contribution in [-0.2, 0) is 6.54 Å². The maximum absolute atomic E-state index is 12.7. The molecule has 0 spiro atoms. The van der Waals surface area contributed by atoms with Gasteiger partial charge in [0.25, 0.3) is 0 Å². The van der Waals surface area contributed by atoms with E-state index in [1.165, 1.54) is 17.3 Å². The van der Waals surface area contributed by atoms with Gasteiger partial charge in [-0.05, 0) is 11.1 Å². The van der Waals surface area contributed by atoms with Crippen molar-refractivity contribution in [1.82, 2.24) is 24.3 Å². The molecule has 1 aliphatic rings. The molecule has 1 aromatic rings. The van der Waals surface area contributed by atoms with Gasteiger partial charge < -0.3 is 20.1 Å². The number of nitro groups is 1. The SMILES string of the molecule is C=CN(C)C.O=[N+]([O-])c1nccn1CC(O)CN1CCN(C(C(F)(F)F)C(F)(F)F)CC1. The van der Waals surface area contributed by atoms with E-state index in [1.807, 2.05) is 19.0 Å². The van der Waals surface area contributed by atoms with Crippen molar-refractivity contribution in [3.8, 4) is 0 Å². The van der Waals surface area contributed by atoms with E-state index < -0.39 is 48.5 Å². The first-order valence-corrected chi connectivity index (χ1v) is 9.39. The van der Waals surface area contributed by atoms with Crippen LogP contribution in [0.1, 0.15) is 0 Å². The van der Waals surface area contributed by atoms with Gasteiger partial charge in [-0.2, -0.15) is 26.3 Å². The zero-order valence-corrected chi connectivity index (χ0v) is 17.6. The second kappa shape index (κ2) is 11.5. The third-order valence-electron chi connectivity index (χ3n) is 4.49. The normalized spacial score (nSPS) is 16.9. The number of rotatable bonds is 7. The summed E-state index contributed by atoms with van der Waals surface area (Å²) in [5.41, 5.74) is 0. The van der Waals surface area contributed by atoms with E-state index in [0.29, 0.717) is 4.90 Å². The minimum Gasteiger partial charge on any atom is -0.390 e. The van der Waals surface area contributed by atoms with Crippen LogP contribution in [0.3, 0.4) is 0 Å². The van der Waals surface area contributed by atoms with Crippen LogP contribution in [0, 0.1) is 10.1 Å². The zero-order chi connectivity index (χ0) is 24.7. The number of β-amino-alcohol motifs (C(OH)–C–C–N with tert-alkyl or cyclic N) is 1. The van der Waals surface area contributed by atoms with Gasteiger partial charge in [0.05, 0.1) is 12.6 Å². The first-order chi connectivity index (χ1) is 14.7. The van der Waals surface area contributed by atoms with Gasteiger partial charge in [-0.25, -0.2) is 4.57 Å². The van der Waals surface area contributed by atoms with Crippen LogP contribution >= 0.6 is 0 Å². The average Bonchev–Trinajstić information content (AvgIpc) is 3.09. The van der Waals surface area contributed by atoms with Gasteiger partial charge in [-0.1, -0.05) is 11.6 Å². The Morgan fingerprint density at radius 3 is 2.09 bits per heavy atom. The molecule has 1 aromatic heterocycles. The summed E-state index contributed by atoms with van der Waals surface area (Å²) in [6.07, 6.45) is -7.75. The summed E-state index contributed by atoms with van der Waals surface area (Å²) in [7, 11) is 3.88. The Hall–Kier alpha value is -2.39. The summed E-state index contributed by atoms with van der Waals surface area (Å²) in [4.78, 5) is 17.3. The molecule has 0 amide bonds. The van der Waals surface area contributed by atoms with Crippen molar-refractivity contribution in [2.45, 2.75) is 31.0 Å². The molecule has 1 aliphatic heterocycles. The highest BCUT2D eigenvalue weighted by Crippen LogP contribution is 2.37.